The minimum atomic E-state index is 0.160. The van der Waals surface area contributed by atoms with E-state index in [1.165, 1.54) is 24.8 Å². The second-order valence-electron chi connectivity index (χ2n) is 5.85. The van der Waals surface area contributed by atoms with Crippen LogP contribution in [-0.4, -0.2) is 15.3 Å². The van der Waals surface area contributed by atoms with E-state index in [9.17, 15) is 0 Å². The van der Waals surface area contributed by atoms with Crippen molar-refractivity contribution in [3.05, 3.63) is 30.6 Å². The molecule has 0 amide bonds. The molecule has 0 saturated heterocycles. The normalized spacial score (nSPS) is 11.7. The van der Waals surface area contributed by atoms with Gasteiger partial charge in [0.25, 0.3) is 0 Å². The van der Waals surface area contributed by atoms with Crippen molar-refractivity contribution in [1.29, 1.82) is 0 Å². The van der Waals surface area contributed by atoms with Gasteiger partial charge in [0, 0.05) is 30.4 Å². The fraction of sp³-hybridized carbons (Fsp3) is 0.667. The monoisotopic (exact) mass is 249 g/mol. The van der Waals surface area contributed by atoms with Crippen LogP contribution in [-0.2, 0) is 13.1 Å². The van der Waals surface area contributed by atoms with Gasteiger partial charge in [-0.3, -0.25) is 4.68 Å². The third-order valence-electron chi connectivity index (χ3n) is 2.81. The summed E-state index contributed by atoms with van der Waals surface area (Å²) < 4.78 is 2.05. The number of nitrogens with one attached hydrogen (secondary N) is 1. The lowest BCUT2D eigenvalue weighted by Gasteiger charge is -2.19. The number of nitrogens with zero attached hydrogens (tertiary/aromatic N) is 2. The van der Waals surface area contributed by atoms with Gasteiger partial charge in [0.2, 0.25) is 0 Å². The van der Waals surface area contributed by atoms with Crippen LogP contribution >= 0.6 is 0 Å². The maximum Gasteiger partial charge on any atom is 0.0534 e. The summed E-state index contributed by atoms with van der Waals surface area (Å²) >= 11 is 0. The van der Waals surface area contributed by atoms with Crippen molar-refractivity contribution in [3.8, 4) is 0 Å². The van der Waals surface area contributed by atoms with Crippen LogP contribution < -0.4 is 5.32 Å². The first kappa shape index (κ1) is 15.0. The molecule has 102 valence electrons. The van der Waals surface area contributed by atoms with Gasteiger partial charge in [-0.1, -0.05) is 12.5 Å². The van der Waals surface area contributed by atoms with Crippen molar-refractivity contribution >= 4 is 0 Å². The van der Waals surface area contributed by atoms with Gasteiger partial charge in [0.1, 0.15) is 0 Å². The van der Waals surface area contributed by atoms with E-state index in [1.807, 2.05) is 17.0 Å². The number of hydrogen-bond acceptors (Lipinski definition) is 2. The molecule has 0 atom stereocenters. The first-order chi connectivity index (χ1) is 8.51. The Labute approximate surface area is 111 Å². The molecule has 0 aliphatic rings. The summed E-state index contributed by atoms with van der Waals surface area (Å²) in [6.45, 7) is 12.2. The van der Waals surface area contributed by atoms with Crippen molar-refractivity contribution in [2.75, 3.05) is 0 Å². The van der Waals surface area contributed by atoms with Gasteiger partial charge in [-0.2, -0.15) is 5.10 Å². The zero-order valence-corrected chi connectivity index (χ0v) is 12.1. The highest BCUT2D eigenvalue weighted by Crippen LogP contribution is 2.06. The van der Waals surface area contributed by atoms with Crippen molar-refractivity contribution < 1.29 is 0 Å². The van der Waals surface area contributed by atoms with Crippen molar-refractivity contribution in [2.45, 2.75) is 65.1 Å². The van der Waals surface area contributed by atoms with Crippen molar-refractivity contribution in [2.24, 2.45) is 0 Å². The molecule has 3 heteroatoms. The van der Waals surface area contributed by atoms with Gasteiger partial charge in [-0.15, -0.1) is 6.58 Å². The Morgan fingerprint density at radius 3 is 2.78 bits per heavy atom. The Morgan fingerprint density at radius 2 is 2.11 bits per heavy atom. The van der Waals surface area contributed by atoms with Crippen LogP contribution in [0.4, 0.5) is 0 Å². The molecule has 1 heterocycles. The van der Waals surface area contributed by atoms with E-state index < -0.39 is 0 Å². The fourth-order valence-corrected chi connectivity index (χ4v) is 1.73. The summed E-state index contributed by atoms with van der Waals surface area (Å²) in [6, 6.07) is 0. The third kappa shape index (κ3) is 6.60. The number of rotatable bonds is 8. The molecule has 3 nitrogen and oxygen atoms in total. The average Bonchev–Trinajstić information content (AvgIpc) is 2.73. The lowest BCUT2D eigenvalue weighted by atomic mass is 10.1. The Morgan fingerprint density at radius 1 is 1.33 bits per heavy atom. The molecular formula is C15H27N3. The van der Waals surface area contributed by atoms with Crippen LogP contribution in [0.1, 0.15) is 52.0 Å². The summed E-state index contributed by atoms with van der Waals surface area (Å²) in [6.07, 6.45) is 10.9. The molecule has 1 aromatic rings. The zero-order chi connectivity index (χ0) is 13.4. The molecule has 0 spiro atoms. The molecule has 0 unspecified atom stereocenters. The lowest BCUT2D eigenvalue weighted by molar-refractivity contribution is 0.424. The minimum absolute atomic E-state index is 0.160. The van der Waals surface area contributed by atoms with Gasteiger partial charge in [0.15, 0.2) is 0 Å². The summed E-state index contributed by atoms with van der Waals surface area (Å²) in [5.74, 6) is 0. The summed E-state index contributed by atoms with van der Waals surface area (Å²) in [5.41, 5.74) is 1.42. The standard InChI is InChI=1S/C15H27N3/c1-5-6-7-8-9-10-18-13-14(12-17-18)11-16-15(2,3)4/h5,12-13,16H,1,6-11H2,2-4H3. The van der Waals surface area contributed by atoms with Gasteiger partial charge < -0.3 is 5.32 Å². The number of aryl methyl sites for hydroxylation is 1. The zero-order valence-electron chi connectivity index (χ0n) is 12.1. The Balaban J connectivity index is 2.23. The molecule has 0 saturated carbocycles. The van der Waals surface area contributed by atoms with Gasteiger partial charge in [-0.05, 0) is 40.0 Å². The smallest absolute Gasteiger partial charge is 0.0534 e. The maximum atomic E-state index is 4.39. The molecule has 0 aromatic carbocycles. The quantitative estimate of drug-likeness (QED) is 0.564. The van der Waals surface area contributed by atoms with E-state index in [1.54, 1.807) is 0 Å². The molecule has 0 radical (unpaired) electrons. The Kier molecular flexibility index (Phi) is 6.13. The van der Waals surface area contributed by atoms with Crippen LogP contribution in [0.15, 0.2) is 25.0 Å². The lowest BCUT2D eigenvalue weighted by Crippen LogP contribution is -2.34. The Bertz CT molecular complexity index is 347. The van der Waals surface area contributed by atoms with Gasteiger partial charge >= 0.3 is 0 Å². The first-order valence-electron chi connectivity index (χ1n) is 6.88. The molecule has 0 aliphatic heterocycles. The third-order valence-corrected chi connectivity index (χ3v) is 2.81. The highest BCUT2D eigenvalue weighted by Gasteiger charge is 2.08. The summed E-state index contributed by atoms with van der Waals surface area (Å²) in [5, 5.41) is 7.86. The topological polar surface area (TPSA) is 29.9 Å². The van der Waals surface area contributed by atoms with E-state index >= 15 is 0 Å². The SMILES string of the molecule is C=CCCCCCn1cc(CNC(C)(C)C)cn1. The molecule has 1 aromatic heterocycles. The van der Waals surface area contributed by atoms with Crippen LogP contribution in [0.5, 0.6) is 0 Å². The number of unbranched alkanes of at least 4 members (excludes halogenated alkanes) is 3. The highest BCUT2D eigenvalue weighted by molar-refractivity contribution is 5.03. The largest absolute Gasteiger partial charge is 0.308 e. The van der Waals surface area contributed by atoms with Crippen LogP contribution in [0.2, 0.25) is 0 Å². The molecule has 0 fully saturated rings. The highest BCUT2D eigenvalue weighted by atomic mass is 15.3. The molecule has 18 heavy (non-hydrogen) atoms. The summed E-state index contributed by atoms with van der Waals surface area (Å²) in [7, 11) is 0. The van der Waals surface area contributed by atoms with Crippen LogP contribution in [0.25, 0.3) is 0 Å². The number of hydrogen-bond donors (Lipinski definition) is 1. The molecule has 1 N–H and O–H groups in total. The Hall–Kier alpha value is -1.09. The van der Waals surface area contributed by atoms with Gasteiger partial charge in [-0.25, -0.2) is 0 Å². The second-order valence-corrected chi connectivity index (χ2v) is 5.85. The van der Waals surface area contributed by atoms with E-state index in [2.05, 4.69) is 44.0 Å². The van der Waals surface area contributed by atoms with E-state index in [-0.39, 0.29) is 5.54 Å². The van der Waals surface area contributed by atoms with E-state index in [0.717, 1.165) is 19.5 Å². The van der Waals surface area contributed by atoms with Crippen LogP contribution in [0.3, 0.4) is 0 Å². The molecule has 1 rings (SSSR count). The minimum Gasteiger partial charge on any atom is -0.308 e. The van der Waals surface area contributed by atoms with Crippen molar-refractivity contribution in [3.63, 3.8) is 0 Å². The molecular weight excluding hydrogens is 222 g/mol. The first-order valence-corrected chi connectivity index (χ1v) is 6.88. The number of allylic oxidation sites excluding steroid dienone is 1. The average molecular weight is 249 g/mol. The fourth-order valence-electron chi connectivity index (χ4n) is 1.73. The second kappa shape index (κ2) is 7.37. The van der Waals surface area contributed by atoms with E-state index in [0.29, 0.717) is 0 Å². The van der Waals surface area contributed by atoms with Crippen molar-refractivity contribution in [1.82, 2.24) is 15.1 Å². The predicted molar refractivity (Wildman–Crippen MR) is 77.5 cm³/mol. The summed E-state index contributed by atoms with van der Waals surface area (Å²) in [4.78, 5) is 0. The van der Waals surface area contributed by atoms with E-state index in [4.69, 9.17) is 0 Å². The maximum absolute atomic E-state index is 4.39. The predicted octanol–water partition coefficient (Wildman–Crippen LogP) is 3.52. The number of aromatic nitrogens is 2. The van der Waals surface area contributed by atoms with Gasteiger partial charge in [0.05, 0.1) is 6.20 Å². The molecule has 0 aliphatic carbocycles. The molecule has 0 bridgehead atoms. The van der Waals surface area contributed by atoms with Crippen LogP contribution in [0, 0.1) is 0 Å².